The highest BCUT2D eigenvalue weighted by Crippen LogP contribution is 2.16. The van der Waals surface area contributed by atoms with Crippen LogP contribution >= 0.6 is 0 Å². The molecule has 0 aliphatic rings. The fraction of sp³-hybridized carbons (Fsp3) is 0. The molecule has 4 heteroatoms. The van der Waals surface area contributed by atoms with Crippen LogP contribution in [-0.4, -0.2) is 16.0 Å². The molecular formula is C9H9N3O. The van der Waals surface area contributed by atoms with Crippen molar-refractivity contribution >= 4 is 16.6 Å². The van der Waals surface area contributed by atoms with Crippen LogP contribution in [0.25, 0.3) is 10.8 Å². The van der Waals surface area contributed by atoms with E-state index >= 15 is 0 Å². The molecule has 0 spiro atoms. The van der Waals surface area contributed by atoms with Gasteiger partial charge in [0.25, 0.3) is 0 Å². The smallest absolute Gasteiger partial charge is 0.187 e. The van der Waals surface area contributed by atoms with Gasteiger partial charge in [0.05, 0.1) is 5.69 Å². The molecule has 1 aromatic heterocycles. The molecule has 2 rings (SSSR count). The summed E-state index contributed by atoms with van der Waals surface area (Å²) in [6.07, 6.45) is 1.82. The van der Waals surface area contributed by atoms with Crippen LogP contribution in [0.2, 0.25) is 0 Å². The topological polar surface area (TPSA) is 74.4 Å². The van der Waals surface area contributed by atoms with E-state index in [2.05, 4.69) is 10.1 Å². The van der Waals surface area contributed by atoms with E-state index in [1.165, 1.54) is 0 Å². The zero-order chi connectivity index (χ0) is 9.26. The summed E-state index contributed by atoms with van der Waals surface area (Å²) in [5.41, 5.74) is 6.12. The fourth-order valence-electron chi connectivity index (χ4n) is 1.34. The second-order valence-corrected chi connectivity index (χ2v) is 2.74. The second kappa shape index (κ2) is 2.82. The molecule has 0 aliphatic carbocycles. The number of nitrogens with zero attached hydrogens (tertiary/aromatic N) is 1. The molecule has 1 aromatic carbocycles. The molecule has 0 radical (unpaired) electrons. The largest absolute Gasteiger partial charge is 0.409 e. The number of amidine groups is 1. The molecule has 13 heavy (non-hydrogen) atoms. The van der Waals surface area contributed by atoms with Gasteiger partial charge < -0.3 is 15.9 Å². The first-order valence-electron chi connectivity index (χ1n) is 3.87. The lowest BCUT2D eigenvalue weighted by Gasteiger charge is -1.94. The second-order valence-electron chi connectivity index (χ2n) is 2.74. The van der Waals surface area contributed by atoms with E-state index in [4.69, 9.17) is 10.9 Å². The number of aromatic nitrogens is 1. The Morgan fingerprint density at radius 3 is 2.92 bits per heavy atom. The summed E-state index contributed by atoms with van der Waals surface area (Å²) in [7, 11) is 0. The van der Waals surface area contributed by atoms with Crippen LogP contribution in [-0.2, 0) is 0 Å². The Balaban J connectivity index is 2.71. The van der Waals surface area contributed by atoms with Crippen LogP contribution in [0.5, 0.6) is 0 Å². The number of fused-ring (bicyclic) bond motifs is 1. The van der Waals surface area contributed by atoms with Gasteiger partial charge in [-0.15, -0.1) is 0 Å². The average Bonchev–Trinajstić information content (AvgIpc) is 2.60. The predicted molar refractivity (Wildman–Crippen MR) is 50.8 cm³/mol. The highest BCUT2D eigenvalue weighted by Gasteiger charge is 2.05. The summed E-state index contributed by atoms with van der Waals surface area (Å²) < 4.78 is 0. The summed E-state index contributed by atoms with van der Waals surface area (Å²) in [4.78, 5) is 2.95. The van der Waals surface area contributed by atoms with Crippen molar-refractivity contribution in [1.29, 1.82) is 0 Å². The van der Waals surface area contributed by atoms with Gasteiger partial charge in [0.2, 0.25) is 0 Å². The lowest BCUT2D eigenvalue weighted by atomic mass is 10.2. The number of oxime groups is 1. The Bertz CT molecular complexity index is 459. The van der Waals surface area contributed by atoms with Crippen molar-refractivity contribution in [3.05, 3.63) is 36.2 Å². The van der Waals surface area contributed by atoms with E-state index in [-0.39, 0.29) is 5.84 Å². The summed E-state index contributed by atoms with van der Waals surface area (Å²) in [5.74, 6) is 0.0983. The maximum absolute atomic E-state index is 8.51. The molecule has 0 unspecified atom stereocenters. The minimum absolute atomic E-state index is 0.0983. The van der Waals surface area contributed by atoms with Gasteiger partial charge in [0, 0.05) is 11.6 Å². The van der Waals surface area contributed by atoms with E-state index in [9.17, 15) is 0 Å². The van der Waals surface area contributed by atoms with Crippen LogP contribution < -0.4 is 5.73 Å². The highest BCUT2D eigenvalue weighted by molar-refractivity contribution is 6.07. The predicted octanol–water partition coefficient (Wildman–Crippen LogP) is 1.26. The molecule has 0 saturated heterocycles. The molecule has 2 aromatic rings. The summed E-state index contributed by atoms with van der Waals surface area (Å²) in [6.45, 7) is 0. The normalized spacial score (nSPS) is 12.2. The van der Waals surface area contributed by atoms with E-state index in [0.29, 0.717) is 5.69 Å². The fourth-order valence-corrected chi connectivity index (χ4v) is 1.34. The van der Waals surface area contributed by atoms with Crippen molar-refractivity contribution in [1.82, 2.24) is 4.98 Å². The van der Waals surface area contributed by atoms with Crippen LogP contribution in [0.4, 0.5) is 0 Å². The number of aromatic amines is 1. The Kier molecular flexibility index (Phi) is 1.66. The molecule has 66 valence electrons. The lowest BCUT2D eigenvalue weighted by molar-refractivity contribution is 0.318. The number of hydrogen-bond acceptors (Lipinski definition) is 2. The molecule has 0 bridgehead atoms. The number of nitrogens with one attached hydrogen (secondary N) is 1. The molecule has 0 aliphatic heterocycles. The third-order valence-electron chi connectivity index (χ3n) is 1.97. The minimum atomic E-state index is 0.0983. The molecule has 0 atom stereocenters. The van der Waals surface area contributed by atoms with E-state index in [0.717, 1.165) is 10.8 Å². The SMILES string of the molecule is NC(=NO)c1[nH]cc2ccccc12. The van der Waals surface area contributed by atoms with Gasteiger partial charge in [0.1, 0.15) is 0 Å². The quantitative estimate of drug-likeness (QED) is 0.264. The van der Waals surface area contributed by atoms with Gasteiger partial charge in [0.15, 0.2) is 5.84 Å². The van der Waals surface area contributed by atoms with Gasteiger partial charge in [-0.05, 0) is 5.39 Å². The summed E-state index contributed by atoms with van der Waals surface area (Å²) in [5, 5.41) is 13.5. The first-order chi connectivity index (χ1) is 6.33. The number of benzene rings is 1. The number of rotatable bonds is 1. The van der Waals surface area contributed by atoms with Crippen molar-refractivity contribution in [3.8, 4) is 0 Å². The Labute approximate surface area is 74.7 Å². The van der Waals surface area contributed by atoms with E-state index in [1.54, 1.807) is 0 Å². The molecule has 4 nitrogen and oxygen atoms in total. The number of H-pyrrole nitrogens is 1. The highest BCUT2D eigenvalue weighted by atomic mass is 16.4. The summed E-state index contributed by atoms with van der Waals surface area (Å²) >= 11 is 0. The zero-order valence-electron chi connectivity index (χ0n) is 6.86. The lowest BCUT2D eigenvalue weighted by Crippen LogP contribution is -2.13. The first kappa shape index (κ1) is 7.67. The Morgan fingerprint density at radius 1 is 1.38 bits per heavy atom. The maximum Gasteiger partial charge on any atom is 0.187 e. The third kappa shape index (κ3) is 1.12. The molecule has 1 heterocycles. The van der Waals surface area contributed by atoms with Crippen molar-refractivity contribution in [2.75, 3.05) is 0 Å². The Morgan fingerprint density at radius 2 is 2.15 bits per heavy atom. The monoisotopic (exact) mass is 175 g/mol. The Hall–Kier alpha value is -1.97. The van der Waals surface area contributed by atoms with Crippen molar-refractivity contribution in [3.63, 3.8) is 0 Å². The number of nitrogens with two attached hydrogens (primary N) is 1. The van der Waals surface area contributed by atoms with Gasteiger partial charge >= 0.3 is 0 Å². The minimum Gasteiger partial charge on any atom is -0.409 e. The van der Waals surface area contributed by atoms with E-state index in [1.807, 2.05) is 30.5 Å². The van der Waals surface area contributed by atoms with Crippen molar-refractivity contribution in [2.24, 2.45) is 10.9 Å². The third-order valence-corrected chi connectivity index (χ3v) is 1.97. The van der Waals surface area contributed by atoms with Crippen LogP contribution in [0.1, 0.15) is 5.69 Å². The van der Waals surface area contributed by atoms with Gasteiger partial charge in [-0.1, -0.05) is 29.4 Å². The average molecular weight is 175 g/mol. The zero-order valence-corrected chi connectivity index (χ0v) is 6.86. The van der Waals surface area contributed by atoms with Gasteiger partial charge in [-0.25, -0.2) is 0 Å². The van der Waals surface area contributed by atoms with E-state index < -0.39 is 0 Å². The summed E-state index contributed by atoms with van der Waals surface area (Å²) in [6, 6.07) is 7.72. The van der Waals surface area contributed by atoms with Crippen LogP contribution in [0, 0.1) is 0 Å². The van der Waals surface area contributed by atoms with Crippen molar-refractivity contribution < 1.29 is 5.21 Å². The molecule has 0 saturated carbocycles. The maximum atomic E-state index is 8.51. The molecular weight excluding hydrogens is 166 g/mol. The van der Waals surface area contributed by atoms with Crippen molar-refractivity contribution in [2.45, 2.75) is 0 Å². The van der Waals surface area contributed by atoms with Crippen LogP contribution in [0.3, 0.4) is 0 Å². The number of hydrogen-bond donors (Lipinski definition) is 3. The van der Waals surface area contributed by atoms with Gasteiger partial charge in [-0.3, -0.25) is 0 Å². The molecule has 4 N–H and O–H groups in total. The standard InChI is InChI=1S/C9H9N3O/c10-9(12-13)8-7-4-2-1-3-6(7)5-11-8/h1-5,11,13H,(H2,10,12). The molecule has 0 fully saturated rings. The van der Waals surface area contributed by atoms with Crippen LogP contribution in [0.15, 0.2) is 35.6 Å². The van der Waals surface area contributed by atoms with Gasteiger partial charge in [-0.2, -0.15) is 0 Å². The molecule has 0 amide bonds. The first-order valence-corrected chi connectivity index (χ1v) is 3.87.